The first-order valence-corrected chi connectivity index (χ1v) is 12.0. The molecule has 5 rings (SSSR count). The van der Waals surface area contributed by atoms with Crippen LogP contribution < -0.4 is 10.1 Å². The van der Waals surface area contributed by atoms with Crippen LogP contribution in [0.3, 0.4) is 0 Å². The van der Waals surface area contributed by atoms with Crippen molar-refractivity contribution in [2.24, 2.45) is 0 Å². The van der Waals surface area contributed by atoms with Gasteiger partial charge in [-0.3, -0.25) is 4.79 Å². The maximum absolute atomic E-state index is 12.6. The second kappa shape index (κ2) is 10.0. The van der Waals surface area contributed by atoms with E-state index in [2.05, 4.69) is 40.2 Å². The summed E-state index contributed by atoms with van der Waals surface area (Å²) in [6.45, 7) is 0.541. The maximum atomic E-state index is 12.6. The zero-order chi connectivity index (χ0) is 23.3. The number of fused-ring (bicyclic) bond motifs is 1. The lowest BCUT2D eigenvalue weighted by Crippen LogP contribution is -2.25. The number of aromatic nitrogens is 1. The highest BCUT2D eigenvalue weighted by Crippen LogP contribution is 2.34. The monoisotopic (exact) mass is 454 g/mol. The fraction of sp³-hybridized carbons (Fsp3) is 0.276. The number of nitrogens with zero attached hydrogens (tertiary/aromatic N) is 1. The van der Waals surface area contributed by atoms with Gasteiger partial charge in [0.1, 0.15) is 11.5 Å². The van der Waals surface area contributed by atoms with Gasteiger partial charge in [-0.05, 0) is 85.8 Å². The first kappa shape index (κ1) is 22.1. The van der Waals surface area contributed by atoms with Gasteiger partial charge in [0.05, 0.1) is 19.1 Å². The molecule has 0 bridgehead atoms. The fourth-order valence-corrected chi connectivity index (χ4v) is 4.78. The lowest BCUT2D eigenvalue weighted by Gasteiger charge is -2.15. The van der Waals surface area contributed by atoms with Crippen molar-refractivity contribution in [1.29, 1.82) is 0 Å². The predicted molar refractivity (Wildman–Crippen MR) is 134 cm³/mol. The second-order valence-corrected chi connectivity index (χ2v) is 8.76. The Balaban J connectivity index is 1.43. The summed E-state index contributed by atoms with van der Waals surface area (Å²) in [5.74, 6) is 1.65. The first-order valence-electron chi connectivity index (χ1n) is 12.0. The minimum Gasteiger partial charge on any atom is -0.497 e. The van der Waals surface area contributed by atoms with Gasteiger partial charge >= 0.3 is 0 Å². The quantitative estimate of drug-likeness (QED) is 0.349. The van der Waals surface area contributed by atoms with E-state index >= 15 is 0 Å². The highest BCUT2D eigenvalue weighted by molar-refractivity contribution is 5.94. The van der Waals surface area contributed by atoms with Crippen LogP contribution in [-0.2, 0) is 19.3 Å². The minimum atomic E-state index is -0.0718. The number of ether oxygens (including phenoxy) is 1. The predicted octanol–water partition coefficient (Wildman–Crippen LogP) is 5.99. The van der Waals surface area contributed by atoms with Gasteiger partial charge in [-0.1, -0.05) is 18.6 Å². The molecular formula is C29H30N2O3. The summed E-state index contributed by atoms with van der Waals surface area (Å²) in [6, 6.07) is 22.3. The Morgan fingerprint density at radius 1 is 1.00 bits per heavy atom. The normalized spacial score (nSPS) is 13.2. The number of carbonyl (C=O) groups is 1. The molecule has 5 nitrogen and oxygen atoms in total. The van der Waals surface area contributed by atoms with Gasteiger partial charge in [-0.2, -0.15) is 0 Å². The molecule has 1 amide bonds. The van der Waals surface area contributed by atoms with Crippen molar-refractivity contribution >= 4 is 5.91 Å². The summed E-state index contributed by atoms with van der Waals surface area (Å²) in [7, 11) is 1.70. The topological polar surface area (TPSA) is 56.4 Å². The number of benzene rings is 2. The molecule has 0 radical (unpaired) electrons. The van der Waals surface area contributed by atoms with Gasteiger partial charge in [0, 0.05) is 35.5 Å². The van der Waals surface area contributed by atoms with Crippen molar-refractivity contribution in [2.45, 2.75) is 38.5 Å². The summed E-state index contributed by atoms with van der Waals surface area (Å²) in [5.41, 5.74) is 6.84. The van der Waals surface area contributed by atoms with E-state index in [0.29, 0.717) is 18.5 Å². The van der Waals surface area contributed by atoms with E-state index in [9.17, 15) is 4.79 Å². The molecule has 0 unspecified atom stereocenters. The molecule has 2 aromatic heterocycles. The van der Waals surface area contributed by atoms with Gasteiger partial charge in [0.25, 0.3) is 5.91 Å². The van der Waals surface area contributed by atoms with E-state index in [1.807, 2.05) is 36.4 Å². The van der Waals surface area contributed by atoms with Gasteiger partial charge in [0.2, 0.25) is 0 Å². The first-order chi connectivity index (χ1) is 16.7. The molecule has 1 aliphatic carbocycles. The SMILES string of the molecule is COc1cccc(-c2cc3c(n2-c2ccc(C(=O)NCCc4ccco4)cc2)CCCCC3)c1. The van der Waals surface area contributed by atoms with E-state index in [1.165, 1.54) is 36.2 Å². The van der Waals surface area contributed by atoms with E-state index in [-0.39, 0.29) is 5.91 Å². The Hall–Kier alpha value is -3.73. The van der Waals surface area contributed by atoms with Crippen LogP contribution in [0.25, 0.3) is 16.9 Å². The highest BCUT2D eigenvalue weighted by Gasteiger charge is 2.20. The van der Waals surface area contributed by atoms with Gasteiger partial charge in [-0.15, -0.1) is 0 Å². The molecule has 2 aromatic carbocycles. The van der Waals surface area contributed by atoms with Crippen LogP contribution >= 0.6 is 0 Å². The molecule has 0 aliphatic heterocycles. The maximum Gasteiger partial charge on any atom is 0.251 e. The van der Waals surface area contributed by atoms with Crippen LogP contribution in [0.15, 0.2) is 77.4 Å². The largest absolute Gasteiger partial charge is 0.497 e. The van der Waals surface area contributed by atoms with Crippen LogP contribution in [0.5, 0.6) is 5.75 Å². The molecule has 0 saturated heterocycles. The summed E-state index contributed by atoms with van der Waals surface area (Å²) >= 11 is 0. The Morgan fingerprint density at radius 2 is 1.85 bits per heavy atom. The highest BCUT2D eigenvalue weighted by atomic mass is 16.5. The molecule has 4 aromatic rings. The summed E-state index contributed by atoms with van der Waals surface area (Å²) in [4.78, 5) is 12.6. The zero-order valence-electron chi connectivity index (χ0n) is 19.5. The van der Waals surface area contributed by atoms with Crippen molar-refractivity contribution in [3.05, 3.63) is 95.6 Å². The fourth-order valence-electron chi connectivity index (χ4n) is 4.78. The number of methoxy groups -OCH3 is 1. The molecule has 34 heavy (non-hydrogen) atoms. The average molecular weight is 455 g/mol. The van der Waals surface area contributed by atoms with E-state index in [0.717, 1.165) is 35.6 Å². The number of amides is 1. The smallest absolute Gasteiger partial charge is 0.251 e. The molecule has 1 N–H and O–H groups in total. The Bertz CT molecular complexity index is 1250. The number of aryl methyl sites for hydroxylation is 1. The lowest BCUT2D eigenvalue weighted by molar-refractivity contribution is 0.0953. The van der Waals surface area contributed by atoms with Gasteiger partial charge in [0.15, 0.2) is 0 Å². The molecular weight excluding hydrogens is 424 g/mol. The standard InChI is InChI=1S/C29H30N2O3/c1-33-26-9-5-8-22(19-26)28-20-23-7-3-2-4-11-27(23)31(28)24-14-12-21(13-15-24)29(32)30-17-16-25-10-6-18-34-25/h5-6,8-10,12-15,18-20H,2-4,7,11,16-17H2,1H3,(H,30,32). The average Bonchev–Trinajstić information content (AvgIpc) is 3.46. The van der Waals surface area contributed by atoms with E-state index in [1.54, 1.807) is 13.4 Å². The summed E-state index contributed by atoms with van der Waals surface area (Å²) in [5, 5.41) is 2.98. The van der Waals surface area contributed by atoms with E-state index < -0.39 is 0 Å². The van der Waals surface area contributed by atoms with Crippen molar-refractivity contribution in [3.8, 4) is 22.7 Å². The second-order valence-electron chi connectivity index (χ2n) is 8.76. The van der Waals surface area contributed by atoms with Crippen LogP contribution in [0.1, 0.15) is 46.6 Å². The van der Waals surface area contributed by atoms with Crippen LogP contribution in [0.2, 0.25) is 0 Å². The third kappa shape index (κ3) is 4.65. The molecule has 0 saturated carbocycles. The number of furan rings is 1. The number of hydrogen-bond donors (Lipinski definition) is 1. The Labute approximate surface area is 200 Å². The van der Waals surface area contributed by atoms with Crippen LogP contribution in [0.4, 0.5) is 0 Å². The van der Waals surface area contributed by atoms with Gasteiger partial charge in [-0.25, -0.2) is 0 Å². The lowest BCUT2D eigenvalue weighted by atomic mass is 10.1. The zero-order valence-corrected chi connectivity index (χ0v) is 19.5. The van der Waals surface area contributed by atoms with Crippen molar-refractivity contribution in [3.63, 3.8) is 0 Å². The summed E-state index contributed by atoms with van der Waals surface area (Å²) < 4.78 is 13.2. The molecule has 174 valence electrons. The Kier molecular flexibility index (Phi) is 6.52. The molecule has 5 heteroatoms. The molecule has 0 atom stereocenters. The summed E-state index contributed by atoms with van der Waals surface area (Å²) in [6.07, 6.45) is 8.19. The minimum absolute atomic E-state index is 0.0718. The molecule has 0 fully saturated rings. The molecule has 1 aliphatic rings. The Morgan fingerprint density at radius 3 is 2.65 bits per heavy atom. The number of nitrogens with one attached hydrogen (secondary N) is 1. The molecule has 0 spiro atoms. The van der Waals surface area contributed by atoms with Crippen molar-refractivity contribution < 1.29 is 13.9 Å². The third-order valence-corrected chi connectivity index (χ3v) is 6.54. The van der Waals surface area contributed by atoms with E-state index in [4.69, 9.17) is 9.15 Å². The van der Waals surface area contributed by atoms with Crippen LogP contribution in [-0.4, -0.2) is 24.1 Å². The number of carbonyl (C=O) groups excluding carboxylic acids is 1. The van der Waals surface area contributed by atoms with Crippen molar-refractivity contribution in [2.75, 3.05) is 13.7 Å². The van der Waals surface area contributed by atoms with Gasteiger partial charge < -0.3 is 19.0 Å². The number of hydrogen-bond acceptors (Lipinski definition) is 3. The third-order valence-electron chi connectivity index (χ3n) is 6.54. The molecule has 2 heterocycles. The number of rotatable bonds is 7. The van der Waals surface area contributed by atoms with Crippen LogP contribution in [0, 0.1) is 0 Å². The van der Waals surface area contributed by atoms with Crippen molar-refractivity contribution in [1.82, 2.24) is 9.88 Å².